The van der Waals surface area contributed by atoms with Gasteiger partial charge in [-0.25, -0.2) is 4.39 Å². The molecule has 0 spiro atoms. The molecule has 1 rings (SSSR count). The van der Waals surface area contributed by atoms with E-state index in [1.807, 2.05) is 0 Å². The summed E-state index contributed by atoms with van der Waals surface area (Å²) in [4.78, 5) is 10.0. The van der Waals surface area contributed by atoms with E-state index in [2.05, 4.69) is 15.8 Å². The molecule has 74 valence electrons. The summed E-state index contributed by atoms with van der Waals surface area (Å²) in [7, 11) is 0. The Balaban J connectivity index is 2.42. The Kier molecular flexibility index (Phi) is 3.54. The van der Waals surface area contributed by atoms with Gasteiger partial charge in [0.1, 0.15) is 5.82 Å². The highest BCUT2D eigenvalue weighted by molar-refractivity contribution is 5.69. The van der Waals surface area contributed by atoms with E-state index in [9.17, 15) is 9.18 Å². The molecule has 2 N–H and O–H groups in total. The van der Waals surface area contributed by atoms with Crippen LogP contribution in [0.5, 0.6) is 0 Å². The van der Waals surface area contributed by atoms with Gasteiger partial charge in [-0.15, -0.1) is 0 Å². The van der Waals surface area contributed by atoms with Gasteiger partial charge in [0.2, 0.25) is 0 Å². The normalized spacial score (nSPS) is 10.4. The Labute approximate surface area is 79.2 Å². The summed E-state index contributed by atoms with van der Waals surface area (Å²) in [5.74, 6) is -1.41. The molecule has 0 fully saturated rings. The summed E-state index contributed by atoms with van der Waals surface area (Å²) in [5.41, 5.74) is 3.00. The highest BCUT2D eigenvalue weighted by atomic mass is 19.1. The number of hydrogen-bond donors (Lipinski definition) is 2. The number of anilines is 1. The monoisotopic (exact) mass is 197 g/mol. The first kappa shape index (κ1) is 10.1. The summed E-state index contributed by atoms with van der Waals surface area (Å²) in [6.45, 7) is -0.395. The predicted octanol–water partition coefficient (Wildman–Crippen LogP) is 1.69. The molecule has 0 saturated carbocycles. The van der Waals surface area contributed by atoms with Crippen LogP contribution in [0, 0.1) is 5.82 Å². The van der Waals surface area contributed by atoms with E-state index in [1.165, 1.54) is 24.3 Å². The molecule has 1 aromatic rings. The first-order chi connectivity index (χ1) is 6.68. The van der Waals surface area contributed by atoms with Crippen molar-refractivity contribution < 1.29 is 14.3 Å². The number of rotatable bonds is 4. The predicted molar refractivity (Wildman–Crippen MR) is 47.4 cm³/mol. The van der Waals surface area contributed by atoms with Gasteiger partial charge < -0.3 is 5.11 Å². The lowest BCUT2D eigenvalue weighted by Gasteiger charge is -1.96. The molecule has 0 saturated heterocycles. The first-order valence-electron chi connectivity index (χ1n) is 3.78. The number of aliphatic carboxylic acids is 1. The van der Waals surface area contributed by atoms with Crippen molar-refractivity contribution in [2.24, 2.45) is 10.3 Å². The van der Waals surface area contributed by atoms with Crippen molar-refractivity contribution in [3.63, 3.8) is 0 Å². The number of carboxylic acids is 1. The van der Waals surface area contributed by atoms with Crippen molar-refractivity contribution in [2.45, 2.75) is 0 Å². The molecule has 0 aromatic heterocycles. The topological polar surface area (TPSA) is 74.0 Å². The minimum absolute atomic E-state index is 0.349. The average molecular weight is 197 g/mol. The van der Waals surface area contributed by atoms with Gasteiger partial charge in [0.25, 0.3) is 0 Å². The van der Waals surface area contributed by atoms with Crippen molar-refractivity contribution in [2.75, 3.05) is 12.0 Å². The van der Waals surface area contributed by atoms with Crippen LogP contribution in [0.15, 0.2) is 34.6 Å². The molecule has 0 aliphatic heterocycles. The van der Waals surface area contributed by atoms with Gasteiger partial charge in [0.15, 0.2) is 6.54 Å². The lowest BCUT2D eigenvalue weighted by atomic mass is 10.3. The van der Waals surface area contributed by atoms with Crippen LogP contribution in [0.1, 0.15) is 0 Å². The molecule has 0 amide bonds. The molecular formula is C8H8FN3O2. The Hall–Kier alpha value is -1.98. The number of benzene rings is 1. The summed E-state index contributed by atoms with van der Waals surface area (Å²) < 4.78 is 12.4. The lowest BCUT2D eigenvalue weighted by molar-refractivity contribution is -0.135. The Morgan fingerprint density at radius 2 is 2.07 bits per heavy atom. The van der Waals surface area contributed by atoms with Crippen molar-refractivity contribution >= 4 is 11.7 Å². The quantitative estimate of drug-likeness (QED) is 0.569. The van der Waals surface area contributed by atoms with Crippen LogP contribution in [0.25, 0.3) is 0 Å². The summed E-state index contributed by atoms with van der Waals surface area (Å²) in [6.07, 6.45) is 0. The van der Waals surface area contributed by atoms with Crippen LogP contribution in [0.2, 0.25) is 0 Å². The van der Waals surface area contributed by atoms with Gasteiger partial charge in [-0.05, 0) is 24.3 Å². The van der Waals surface area contributed by atoms with Crippen molar-refractivity contribution in [1.82, 2.24) is 0 Å². The van der Waals surface area contributed by atoms with Crippen LogP contribution < -0.4 is 5.43 Å². The van der Waals surface area contributed by atoms with Gasteiger partial charge in [-0.2, -0.15) is 5.11 Å². The number of carboxylic acid groups (broad SMARTS) is 1. The molecule has 0 aliphatic rings. The third kappa shape index (κ3) is 3.61. The fourth-order valence-electron chi connectivity index (χ4n) is 0.713. The van der Waals surface area contributed by atoms with Crippen LogP contribution in [-0.4, -0.2) is 17.6 Å². The smallest absolute Gasteiger partial charge is 0.327 e. The molecule has 0 aliphatic carbocycles. The van der Waals surface area contributed by atoms with Crippen LogP contribution >= 0.6 is 0 Å². The Morgan fingerprint density at radius 1 is 1.43 bits per heavy atom. The zero-order valence-electron chi connectivity index (χ0n) is 7.14. The van der Waals surface area contributed by atoms with Gasteiger partial charge in [-0.3, -0.25) is 10.2 Å². The van der Waals surface area contributed by atoms with Crippen molar-refractivity contribution in [3.05, 3.63) is 30.1 Å². The maximum absolute atomic E-state index is 12.4. The van der Waals surface area contributed by atoms with Gasteiger partial charge in [-0.1, -0.05) is 5.22 Å². The van der Waals surface area contributed by atoms with Crippen LogP contribution in [-0.2, 0) is 4.79 Å². The molecule has 0 heterocycles. The zero-order valence-corrected chi connectivity index (χ0v) is 7.14. The fourth-order valence-corrected chi connectivity index (χ4v) is 0.713. The van der Waals surface area contributed by atoms with E-state index >= 15 is 0 Å². The van der Waals surface area contributed by atoms with E-state index in [1.54, 1.807) is 0 Å². The van der Waals surface area contributed by atoms with Gasteiger partial charge >= 0.3 is 5.97 Å². The van der Waals surface area contributed by atoms with E-state index in [4.69, 9.17) is 5.11 Å². The maximum Gasteiger partial charge on any atom is 0.327 e. The molecule has 1 aromatic carbocycles. The Morgan fingerprint density at radius 3 is 2.64 bits per heavy atom. The number of nitrogens with zero attached hydrogens (tertiary/aromatic N) is 2. The SMILES string of the molecule is O=C(O)CN=NNc1ccc(F)cc1. The number of halogens is 1. The van der Waals surface area contributed by atoms with E-state index < -0.39 is 12.5 Å². The maximum atomic E-state index is 12.4. The lowest BCUT2D eigenvalue weighted by Crippen LogP contribution is -1.98. The van der Waals surface area contributed by atoms with E-state index in [0.717, 1.165) is 0 Å². The second kappa shape index (κ2) is 4.90. The second-order valence-corrected chi connectivity index (χ2v) is 2.41. The van der Waals surface area contributed by atoms with Gasteiger partial charge in [0.05, 0.1) is 5.69 Å². The minimum atomic E-state index is -1.06. The summed E-state index contributed by atoms with van der Waals surface area (Å²) in [6, 6.07) is 5.45. The third-order valence-corrected chi connectivity index (χ3v) is 1.30. The summed E-state index contributed by atoms with van der Waals surface area (Å²) in [5, 5.41) is 14.9. The molecule has 0 atom stereocenters. The average Bonchev–Trinajstić information content (AvgIpc) is 2.15. The van der Waals surface area contributed by atoms with Crippen molar-refractivity contribution in [3.8, 4) is 0 Å². The van der Waals surface area contributed by atoms with Crippen LogP contribution in [0.3, 0.4) is 0 Å². The largest absolute Gasteiger partial charge is 0.480 e. The Bertz CT molecular complexity index is 337. The first-order valence-corrected chi connectivity index (χ1v) is 3.78. The minimum Gasteiger partial charge on any atom is -0.480 e. The number of hydrogen-bond acceptors (Lipinski definition) is 3. The molecule has 14 heavy (non-hydrogen) atoms. The molecular weight excluding hydrogens is 189 g/mol. The number of carbonyl (C=O) groups is 1. The van der Waals surface area contributed by atoms with E-state index in [0.29, 0.717) is 5.69 Å². The molecule has 6 heteroatoms. The van der Waals surface area contributed by atoms with E-state index in [-0.39, 0.29) is 5.82 Å². The number of nitrogens with one attached hydrogen (secondary N) is 1. The molecule has 0 radical (unpaired) electrons. The molecule has 0 unspecified atom stereocenters. The highest BCUT2D eigenvalue weighted by Gasteiger charge is 1.92. The van der Waals surface area contributed by atoms with Gasteiger partial charge in [0, 0.05) is 0 Å². The van der Waals surface area contributed by atoms with Crippen LogP contribution in [0.4, 0.5) is 10.1 Å². The van der Waals surface area contributed by atoms with Crippen molar-refractivity contribution in [1.29, 1.82) is 0 Å². The molecule has 0 bridgehead atoms. The standard InChI is InChI=1S/C8H8FN3O2/c9-6-1-3-7(4-2-6)11-12-10-5-8(13)14/h1-4H,5H2,(H,10,11)(H,13,14). The molecule has 5 nitrogen and oxygen atoms in total. The zero-order chi connectivity index (χ0) is 10.4. The highest BCUT2D eigenvalue weighted by Crippen LogP contribution is 2.07. The second-order valence-electron chi connectivity index (χ2n) is 2.41. The fraction of sp³-hybridized carbons (Fsp3) is 0.125. The third-order valence-electron chi connectivity index (χ3n) is 1.30. The summed E-state index contributed by atoms with van der Waals surface area (Å²) >= 11 is 0.